The average Bonchev–Trinajstić information content (AvgIpc) is 3.04. The third-order valence-corrected chi connectivity index (χ3v) is 4.84. The van der Waals surface area contributed by atoms with Crippen molar-refractivity contribution in [2.45, 2.75) is 13.0 Å². The van der Waals surface area contributed by atoms with Crippen LogP contribution in [0.15, 0.2) is 43.1 Å². The quantitative estimate of drug-likeness (QED) is 0.856. The summed E-state index contributed by atoms with van der Waals surface area (Å²) >= 11 is 0. The van der Waals surface area contributed by atoms with E-state index in [0.29, 0.717) is 12.5 Å². The Morgan fingerprint density at radius 1 is 1.09 bits per heavy atom. The molecule has 6 heteroatoms. The first kappa shape index (κ1) is 14.1. The Bertz CT molecular complexity index is 678. The zero-order valence-corrected chi connectivity index (χ0v) is 12.9. The van der Waals surface area contributed by atoms with Crippen molar-refractivity contribution in [3.63, 3.8) is 0 Å². The highest BCUT2D eigenvalue weighted by molar-refractivity contribution is 5.81. The van der Waals surface area contributed by atoms with E-state index in [2.05, 4.69) is 19.9 Å². The molecule has 0 saturated carbocycles. The number of pyridine rings is 1. The summed E-state index contributed by atoms with van der Waals surface area (Å²) in [5.74, 6) is 1.64. The maximum atomic E-state index is 12.8. The molecule has 2 aliphatic rings. The molecule has 2 atom stereocenters. The third kappa shape index (κ3) is 2.76. The molecule has 0 spiro atoms. The molecule has 23 heavy (non-hydrogen) atoms. The van der Waals surface area contributed by atoms with Gasteiger partial charge in [0.2, 0.25) is 5.91 Å². The number of amides is 1. The van der Waals surface area contributed by atoms with E-state index in [1.807, 2.05) is 17.0 Å². The minimum Gasteiger partial charge on any atom is -0.354 e. The number of anilines is 1. The molecule has 0 unspecified atom stereocenters. The smallest absolute Gasteiger partial charge is 0.228 e. The van der Waals surface area contributed by atoms with Crippen LogP contribution in [0.4, 0.5) is 5.82 Å². The molecule has 1 amide bonds. The lowest BCUT2D eigenvalue weighted by molar-refractivity contribution is -0.140. The van der Waals surface area contributed by atoms with Crippen molar-refractivity contribution < 1.29 is 4.79 Å². The summed E-state index contributed by atoms with van der Waals surface area (Å²) in [7, 11) is 0. The predicted octanol–water partition coefficient (Wildman–Crippen LogP) is 1.36. The minimum atomic E-state index is 0.0765. The lowest BCUT2D eigenvalue weighted by atomic mass is 9.88. The second kappa shape index (κ2) is 5.95. The van der Waals surface area contributed by atoms with Gasteiger partial charge in [-0.05, 0) is 30.0 Å². The normalized spacial score (nSPS) is 23.9. The molecule has 0 radical (unpaired) electrons. The SMILES string of the molecule is O=C1[C@H]2CN(c3cnccn3)C[C@H]2CCN1Cc1ccncc1. The van der Waals surface area contributed by atoms with E-state index in [1.54, 1.807) is 31.0 Å². The van der Waals surface area contributed by atoms with Crippen LogP contribution in [-0.2, 0) is 11.3 Å². The largest absolute Gasteiger partial charge is 0.354 e. The molecule has 0 aliphatic carbocycles. The fraction of sp³-hybridized carbons (Fsp3) is 0.412. The lowest BCUT2D eigenvalue weighted by Gasteiger charge is -2.33. The van der Waals surface area contributed by atoms with E-state index in [-0.39, 0.29) is 11.8 Å². The number of hydrogen-bond acceptors (Lipinski definition) is 5. The highest BCUT2D eigenvalue weighted by Gasteiger charge is 2.43. The van der Waals surface area contributed by atoms with Crippen molar-refractivity contribution in [2.24, 2.45) is 11.8 Å². The first-order chi connectivity index (χ1) is 11.3. The third-order valence-electron chi connectivity index (χ3n) is 4.84. The molecule has 2 fully saturated rings. The van der Waals surface area contributed by atoms with Crippen LogP contribution in [0.3, 0.4) is 0 Å². The zero-order chi connectivity index (χ0) is 15.6. The van der Waals surface area contributed by atoms with Crippen LogP contribution in [0.5, 0.6) is 0 Å². The van der Waals surface area contributed by atoms with Gasteiger partial charge in [0.25, 0.3) is 0 Å². The van der Waals surface area contributed by atoms with E-state index >= 15 is 0 Å². The van der Waals surface area contributed by atoms with Crippen LogP contribution in [0.2, 0.25) is 0 Å². The van der Waals surface area contributed by atoms with Crippen LogP contribution in [-0.4, -0.2) is 45.4 Å². The molecular formula is C17H19N5O. The molecule has 6 nitrogen and oxygen atoms in total. The zero-order valence-electron chi connectivity index (χ0n) is 12.9. The Morgan fingerprint density at radius 3 is 2.74 bits per heavy atom. The van der Waals surface area contributed by atoms with E-state index < -0.39 is 0 Å². The summed E-state index contributed by atoms with van der Waals surface area (Å²) in [5, 5.41) is 0. The van der Waals surface area contributed by atoms with Gasteiger partial charge in [-0.1, -0.05) is 0 Å². The van der Waals surface area contributed by atoms with Gasteiger partial charge in [0.15, 0.2) is 0 Å². The maximum absolute atomic E-state index is 12.8. The summed E-state index contributed by atoms with van der Waals surface area (Å²) in [6, 6.07) is 3.94. The molecule has 0 aromatic carbocycles. The van der Waals surface area contributed by atoms with Crippen molar-refractivity contribution in [3.8, 4) is 0 Å². The van der Waals surface area contributed by atoms with E-state index in [9.17, 15) is 4.79 Å². The number of piperidine rings is 1. The van der Waals surface area contributed by atoms with Gasteiger partial charge in [0, 0.05) is 51.0 Å². The summed E-state index contributed by atoms with van der Waals surface area (Å²) in [5.41, 5.74) is 1.13. The highest BCUT2D eigenvalue weighted by atomic mass is 16.2. The number of likely N-dealkylation sites (tertiary alicyclic amines) is 1. The van der Waals surface area contributed by atoms with Gasteiger partial charge >= 0.3 is 0 Å². The summed E-state index contributed by atoms with van der Waals surface area (Å²) in [6.45, 7) is 3.15. The van der Waals surface area contributed by atoms with Crippen LogP contribution < -0.4 is 4.90 Å². The van der Waals surface area contributed by atoms with Crippen LogP contribution >= 0.6 is 0 Å². The fourth-order valence-corrected chi connectivity index (χ4v) is 3.62. The molecule has 2 aliphatic heterocycles. The molecule has 118 valence electrons. The van der Waals surface area contributed by atoms with Crippen molar-refractivity contribution in [3.05, 3.63) is 48.7 Å². The minimum absolute atomic E-state index is 0.0765. The number of nitrogens with zero attached hydrogens (tertiary/aromatic N) is 5. The van der Waals surface area contributed by atoms with Gasteiger partial charge in [-0.3, -0.25) is 14.8 Å². The van der Waals surface area contributed by atoms with Crippen molar-refractivity contribution >= 4 is 11.7 Å². The molecule has 0 N–H and O–H groups in total. The van der Waals surface area contributed by atoms with Crippen molar-refractivity contribution in [1.29, 1.82) is 0 Å². The van der Waals surface area contributed by atoms with E-state index in [4.69, 9.17) is 0 Å². The van der Waals surface area contributed by atoms with Gasteiger partial charge in [0.05, 0.1) is 12.1 Å². The standard InChI is InChI=1S/C17H19N5O/c23-17-15-12-22(16-9-19-6-7-20-16)11-14(15)3-8-21(17)10-13-1-4-18-5-2-13/h1-2,4-7,9,14-15H,3,8,10-12H2/t14-,15+/m1/s1. The lowest BCUT2D eigenvalue weighted by Crippen LogP contribution is -2.44. The number of hydrogen-bond donors (Lipinski definition) is 0. The second-order valence-electron chi connectivity index (χ2n) is 6.24. The molecule has 4 rings (SSSR count). The number of carbonyl (C=O) groups excluding carboxylic acids is 1. The van der Waals surface area contributed by atoms with Gasteiger partial charge in [-0.15, -0.1) is 0 Å². The number of rotatable bonds is 3. The maximum Gasteiger partial charge on any atom is 0.228 e. The number of carbonyl (C=O) groups is 1. The molecule has 4 heterocycles. The Labute approximate surface area is 135 Å². The fourth-order valence-electron chi connectivity index (χ4n) is 3.62. The van der Waals surface area contributed by atoms with Gasteiger partial charge in [-0.2, -0.15) is 0 Å². The number of aromatic nitrogens is 3. The highest BCUT2D eigenvalue weighted by Crippen LogP contribution is 2.34. The van der Waals surface area contributed by atoms with E-state index in [0.717, 1.165) is 37.4 Å². The average molecular weight is 309 g/mol. The molecule has 2 aromatic rings. The summed E-state index contributed by atoms with van der Waals surface area (Å²) in [6.07, 6.45) is 9.76. The molecule has 0 bridgehead atoms. The Morgan fingerprint density at radius 2 is 1.96 bits per heavy atom. The molecular weight excluding hydrogens is 290 g/mol. The molecule has 2 aromatic heterocycles. The summed E-state index contributed by atoms with van der Waals surface area (Å²) < 4.78 is 0. The van der Waals surface area contributed by atoms with Gasteiger partial charge < -0.3 is 9.80 Å². The topological polar surface area (TPSA) is 62.2 Å². The van der Waals surface area contributed by atoms with E-state index in [1.165, 1.54) is 0 Å². The first-order valence-corrected chi connectivity index (χ1v) is 8.00. The summed E-state index contributed by atoms with van der Waals surface area (Å²) in [4.78, 5) is 29.5. The first-order valence-electron chi connectivity index (χ1n) is 8.00. The number of fused-ring (bicyclic) bond motifs is 1. The second-order valence-corrected chi connectivity index (χ2v) is 6.24. The Balaban J connectivity index is 1.46. The Kier molecular flexibility index (Phi) is 3.65. The van der Waals surface area contributed by atoms with Gasteiger partial charge in [-0.25, -0.2) is 4.98 Å². The van der Waals surface area contributed by atoms with Crippen molar-refractivity contribution in [2.75, 3.05) is 24.5 Å². The Hall–Kier alpha value is -2.50. The van der Waals surface area contributed by atoms with Crippen LogP contribution in [0, 0.1) is 11.8 Å². The predicted molar refractivity (Wildman–Crippen MR) is 85.5 cm³/mol. The van der Waals surface area contributed by atoms with Crippen LogP contribution in [0.1, 0.15) is 12.0 Å². The van der Waals surface area contributed by atoms with Gasteiger partial charge in [0.1, 0.15) is 5.82 Å². The monoisotopic (exact) mass is 309 g/mol. The molecule has 2 saturated heterocycles. The van der Waals surface area contributed by atoms with Crippen LogP contribution in [0.25, 0.3) is 0 Å². The van der Waals surface area contributed by atoms with Crippen molar-refractivity contribution in [1.82, 2.24) is 19.9 Å².